The second kappa shape index (κ2) is 4.34. The molecule has 0 amide bonds. The molecule has 3 aromatic heterocycles. The van der Waals surface area contributed by atoms with E-state index in [1.54, 1.807) is 6.07 Å². The van der Waals surface area contributed by atoms with Crippen LogP contribution in [-0.4, -0.2) is 19.4 Å². The predicted molar refractivity (Wildman–Crippen MR) is 61.1 cm³/mol. The summed E-state index contributed by atoms with van der Waals surface area (Å²) in [6.07, 6.45) is 1.17. The van der Waals surface area contributed by atoms with Crippen LogP contribution < -0.4 is 0 Å². The Labute approximate surface area is 105 Å². The van der Waals surface area contributed by atoms with Gasteiger partial charge in [-0.2, -0.15) is 4.39 Å². The lowest BCUT2D eigenvalue weighted by Crippen LogP contribution is -1.97. The van der Waals surface area contributed by atoms with Gasteiger partial charge in [0.15, 0.2) is 5.65 Å². The van der Waals surface area contributed by atoms with Crippen LogP contribution in [0.1, 0.15) is 12.1 Å². The molecular weight excluding hydrogens is 257 g/mol. The van der Waals surface area contributed by atoms with Gasteiger partial charge in [-0.1, -0.05) is 6.07 Å². The molecule has 0 aliphatic rings. The second-order valence-corrected chi connectivity index (χ2v) is 3.83. The summed E-state index contributed by atoms with van der Waals surface area (Å²) >= 11 is 0. The van der Waals surface area contributed by atoms with Crippen LogP contribution in [0.25, 0.3) is 17.0 Å². The molecule has 0 fully saturated rings. The van der Waals surface area contributed by atoms with Crippen LogP contribution in [0.15, 0.2) is 36.8 Å². The van der Waals surface area contributed by atoms with Crippen molar-refractivity contribution in [2.24, 2.45) is 0 Å². The molecule has 0 aliphatic heterocycles. The summed E-state index contributed by atoms with van der Waals surface area (Å²) in [5.74, 6) is -0.643. The monoisotopic (exact) mass is 264 g/mol. The molecule has 19 heavy (non-hydrogen) atoms. The van der Waals surface area contributed by atoms with Gasteiger partial charge in [-0.25, -0.2) is 23.7 Å². The molecule has 96 valence electrons. The number of hydrogen-bond acceptors (Lipinski definition) is 3. The van der Waals surface area contributed by atoms with Gasteiger partial charge in [0.1, 0.15) is 5.69 Å². The summed E-state index contributed by atoms with van der Waals surface area (Å²) in [4.78, 5) is 11.3. The Morgan fingerprint density at radius 3 is 2.68 bits per heavy atom. The lowest BCUT2D eigenvalue weighted by atomic mass is 10.3. The van der Waals surface area contributed by atoms with Gasteiger partial charge in [-0.3, -0.25) is 4.40 Å². The van der Waals surface area contributed by atoms with Gasteiger partial charge >= 0.3 is 0 Å². The lowest BCUT2D eigenvalue weighted by molar-refractivity contribution is 0.145. The molecule has 0 spiro atoms. The quantitative estimate of drug-likeness (QED) is 0.668. The molecule has 0 radical (unpaired) electrons. The Morgan fingerprint density at radius 2 is 1.95 bits per heavy atom. The third-order valence-corrected chi connectivity index (χ3v) is 2.62. The van der Waals surface area contributed by atoms with Crippen molar-refractivity contribution in [1.82, 2.24) is 19.4 Å². The number of fused-ring (bicyclic) bond motifs is 1. The minimum atomic E-state index is -2.68. The van der Waals surface area contributed by atoms with Crippen molar-refractivity contribution < 1.29 is 13.2 Å². The Bertz CT molecular complexity index is 739. The van der Waals surface area contributed by atoms with Crippen LogP contribution in [-0.2, 0) is 0 Å². The van der Waals surface area contributed by atoms with E-state index in [1.807, 2.05) is 0 Å². The Morgan fingerprint density at radius 1 is 1.11 bits per heavy atom. The molecule has 3 aromatic rings. The molecule has 3 rings (SSSR count). The van der Waals surface area contributed by atoms with Crippen molar-refractivity contribution in [2.45, 2.75) is 6.43 Å². The highest BCUT2D eigenvalue weighted by Crippen LogP contribution is 2.22. The van der Waals surface area contributed by atoms with E-state index in [0.717, 1.165) is 0 Å². The SMILES string of the molecule is Fc1cccc(-c2cnc3cnc(C(F)F)cn23)n1. The Balaban J connectivity index is 2.21. The molecule has 0 saturated carbocycles. The van der Waals surface area contributed by atoms with Gasteiger partial charge in [-0.15, -0.1) is 0 Å². The number of pyridine rings is 1. The maximum atomic E-state index is 13.1. The molecule has 0 bridgehead atoms. The van der Waals surface area contributed by atoms with Crippen LogP contribution in [0, 0.1) is 5.95 Å². The molecule has 0 atom stereocenters. The van der Waals surface area contributed by atoms with Crippen molar-refractivity contribution in [3.63, 3.8) is 0 Å². The molecular formula is C12H7F3N4. The second-order valence-electron chi connectivity index (χ2n) is 3.83. The van der Waals surface area contributed by atoms with Gasteiger partial charge in [0.05, 0.1) is 23.8 Å². The van der Waals surface area contributed by atoms with Gasteiger partial charge in [0.2, 0.25) is 5.95 Å². The first-order valence-corrected chi connectivity index (χ1v) is 5.39. The third-order valence-electron chi connectivity index (χ3n) is 2.62. The molecule has 7 heteroatoms. The maximum Gasteiger partial charge on any atom is 0.281 e. The van der Waals surface area contributed by atoms with E-state index in [2.05, 4.69) is 15.0 Å². The summed E-state index contributed by atoms with van der Waals surface area (Å²) in [6.45, 7) is 0. The highest BCUT2D eigenvalue weighted by atomic mass is 19.3. The van der Waals surface area contributed by atoms with E-state index in [0.29, 0.717) is 17.0 Å². The summed E-state index contributed by atoms with van der Waals surface area (Å²) in [5, 5.41) is 0. The summed E-state index contributed by atoms with van der Waals surface area (Å²) in [6, 6.07) is 4.28. The number of rotatable bonds is 2. The van der Waals surface area contributed by atoms with E-state index in [1.165, 1.54) is 35.1 Å². The normalized spacial score (nSPS) is 11.4. The summed E-state index contributed by atoms with van der Waals surface area (Å²) in [5.41, 5.74) is 0.770. The molecule has 3 heterocycles. The van der Waals surface area contributed by atoms with Crippen molar-refractivity contribution in [2.75, 3.05) is 0 Å². The predicted octanol–water partition coefficient (Wildman–Crippen LogP) is 2.87. The van der Waals surface area contributed by atoms with Crippen LogP contribution in [0.4, 0.5) is 13.2 Å². The van der Waals surface area contributed by atoms with Crippen molar-refractivity contribution in [3.8, 4) is 11.4 Å². The minimum absolute atomic E-state index is 0.318. The largest absolute Gasteiger partial charge is 0.295 e. The number of halogens is 3. The van der Waals surface area contributed by atoms with E-state index in [4.69, 9.17) is 0 Å². The molecule has 0 N–H and O–H groups in total. The van der Waals surface area contributed by atoms with Crippen molar-refractivity contribution >= 4 is 5.65 Å². The third kappa shape index (κ3) is 2.03. The van der Waals surface area contributed by atoms with Crippen LogP contribution >= 0.6 is 0 Å². The van der Waals surface area contributed by atoms with E-state index >= 15 is 0 Å². The maximum absolute atomic E-state index is 13.1. The average molecular weight is 264 g/mol. The van der Waals surface area contributed by atoms with E-state index in [-0.39, 0.29) is 5.69 Å². The fourth-order valence-electron chi connectivity index (χ4n) is 1.76. The number of aromatic nitrogens is 4. The van der Waals surface area contributed by atoms with Gasteiger partial charge in [-0.05, 0) is 12.1 Å². The fourth-order valence-corrected chi connectivity index (χ4v) is 1.76. The van der Waals surface area contributed by atoms with Crippen LogP contribution in [0.3, 0.4) is 0 Å². The van der Waals surface area contributed by atoms with Gasteiger partial charge in [0, 0.05) is 6.20 Å². The van der Waals surface area contributed by atoms with Crippen LogP contribution in [0.2, 0.25) is 0 Å². The van der Waals surface area contributed by atoms with Crippen molar-refractivity contribution in [1.29, 1.82) is 0 Å². The Kier molecular flexibility index (Phi) is 2.66. The number of nitrogens with zero attached hydrogens (tertiary/aromatic N) is 4. The van der Waals surface area contributed by atoms with E-state index < -0.39 is 12.4 Å². The highest BCUT2D eigenvalue weighted by molar-refractivity contribution is 5.59. The standard InChI is InChI=1S/C12H7F3N4/c13-10-3-1-2-7(18-10)9-4-17-11-5-16-8(12(14)15)6-19(9)11/h1-6,12H. The highest BCUT2D eigenvalue weighted by Gasteiger charge is 2.13. The molecule has 0 unspecified atom stereocenters. The first-order valence-electron chi connectivity index (χ1n) is 5.39. The lowest BCUT2D eigenvalue weighted by Gasteiger charge is -2.03. The molecule has 0 aromatic carbocycles. The minimum Gasteiger partial charge on any atom is -0.295 e. The Hall–Kier alpha value is -2.44. The zero-order valence-corrected chi connectivity index (χ0v) is 9.46. The van der Waals surface area contributed by atoms with Gasteiger partial charge in [0.25, 0.3) is 6.43 Å². The first kappa shape index (κ1) is 11.6. The van der Waals surface area contributed by atoms with Gasteiger partial charge < -0.3 is 0 Å². The number of imidazole rings is 1. The zero-order chi connectivity index (χ0) is 13.4. The fraction of sp³-hybridized carbons (Fsp3) is 0.0833. The summed E-state index contributed by atoms with van der Waals surface area (Å²) < 4.78 is 39.8. The zero-order valence-electron chi connectivity index (χ0n) is 9.46. The topological polar surface area (TPSA) is 43.1 Å². The first-order chi connectivity index (χ1) is 9.15. The van der Waals surface area contributed by atoms with E-state index in [9.17, 15) is 13.2 Å². The summed E-state index contributed by atoms with van der Waals surface area (Å²) in [7, 11) is 0. The molecule has 4 nitrogen and oxygen atoms in total. The number of alkyl halides is 2. The van der Waals surface area contributed by atoms with Crippen LogP contribution in [0.5, 0.6) is 0 Å². The average Bonchev–Trinajstić information content (AvgIpc) is 2.81. The molecule has 0 saturated heterocycles. The number of hydrogen-bond donors (Lipinski definition) is 0. The molecule has 0 aliphatic carbocycles. The van der Waals surface area contributed by atoms with Crippen molar-refractivity contribution in [3.05, 3.63) is 48.4 Å². The smallest absolute Gasteiger partial charge is 0.281 e.